The van der Waals surface area contributed by atoms with E-state index < -0.39 is 11.0 Å². The lowest BCUT2D eigenvalue weighted by atomic mass is 9.86. The van der Waals surface area contributed by atoms with Crippen LogP contribution < -0.4 is 10.6 Å². The minimum absolute atomic E-state index is 0.270. The standard InChI is InChI=1S/C10H20N2O2.C10H12OS/c1-10(2,3)14-9(13)12-8-4-6-11-7-5-8;1-10(2,7-11)8-4-3-5-9(12)6-8/h8,11H,4-7H2,1-3H3,(H,12,13);3-7,12H,1-2H3. The van der Waals surface area contributed by atoms with Gasteiger partial charge in [0, 0.05) is 16.4 Å². The maximum absolute atomic E-state index is 11.4. The van der Waals surface area contributed by atoms with E-state index in [1.165, 1.54) is 0 Å². The average Bonchev–Trinajstić information content (AvgIpc) is 2.54. The molecule has 0 bridgehead atoms. The summed E-state index contributed by atoms with van der Waals surface area (Å²) in [5.74, 6) is 0. The molecule has 5 nitrogen and oxygen atoms in total. The Morgan fingerprint density at radius 3 is 2.35 bits per heavy atom. The number of alkyl carbamates (subject to hydrolysis) is 1. The van der Waals surface area contributed by atoms with Crippen LogP contribution in [-0.4, -0.2) is 37.1 Å². The van der Waals surface area contributed by atoms with Gasteiger partial charge in [-0.3, -0.25) is 0 Å². The van der Waals surface area contributed by atoms with Crippen LogP contribution in [-0.2, 0) is 14.9 Å². The van der Waals surface area contributed by atoms with Gasteiger partial charge in [-0.15, -0.1) is 12.6 Å². The molecule has 0 spiro atoms. The predicted molar refractivity (Wildman–Crippen MR) is 108 cm³/mol. The predicted octanol–water partition coefficient (Wildman–Crippen LogP) is 3.71. The van der Waals surface area contributed by atoms with Crippen LogP contribution in [0.2, 0.25) is 0 Å². The first-order valence-corrected chi connectivity index (χ1v) is 9.44. The molecule has 1 saturated heterocycles. The second-order valence-corrected chi connectivity index (χ2v) is 8.58. The van der Waals surface area contributed by atoms with Crippen molar-refractivity contribution >= 4 is 25.0 Å². The Hall–Kier alpha value is -1.53. The first-order chi connectivity index (χ1) is 12.0. The summed E-state index contributed by atoms with van der Waals surface area (Å²) in [7, 11) is 0. The SMILES string of the molecule is CC(C)(C)OC(=O)NC1CCNCC1.CC(C)(C=O)c1cccc(S)c1. The minimum Gasteiger partial charge on any atom is -0.444 e. The summed E-state index contributed by atoms with van der Waals surface area (Å²) in [6, 6.07) is 7.92. The lowest BCUT2D eigenvalue weighted by Crippen LogP contribution is -2.44. The summed E-state index contributed by atoms with van der Waals surface area (Å²) in [6.07, 6.45) is 2.62. The largest absolute Gasteiger partial charge is 0.444 e. The van der Waals surface area contributed by atoms with Gasteiger partial charge in [0.2, 0.25) is 0 Å². The molecule has 1 aliphatic heterocycles. The van der Waals surface area contributed by atoms with E-state index in [0.29, 0.717) is 0 Å². The molecule has 1 aromatic carbocycles. The van der Waals surface area contributed by atoms with Gasteiger partial charge < -0.3 is 20.2 Å². The van der Waals surface area contributed by atoms with Crippen molar-refractivity contribution in [1.29, 1.82) is 0 Å². The molecular formula is C20H32N2O3S. The van der Waals surface area contributed by atoms with E-state index in [1.807, 2.05) is 58.9 Å². The fourth-order valence-electron chi connectivity index (χ4n) is 2.42. The number of amides is 1. The van der Waals surface area contributed by atoms with E-state index in [2.05, 4.69) is 23.3 Å². The Morgan fingerprint density at radius 1 is 1.23 bits per heavy atom. The highest BCUT2D eigenvalue weighted by Crippen LogP contribution is 2.22. The van der Waals surface area contributed by atoms with Gasteiger partial charge in [0.15, 0.2) is 0 Å². The molecule has 0 aliphatic carbocycles. The molecule has 0 saturated carbocycles. The van der Waals surface area contributed by atoms with Crippen molar-refractivity contribution in [1.82, 2.24) is 10.6 Å². The number of hydrogen-bond acceptors (Lipinski definition) is 5. The molecular weight excluding hydrogens is 348 g/mol. The van der Waals surface area contributed by atoms with Crippen LogP contribution in [0.4, 0.5) is 4.79 Å². The van der Waals surface area contributed by atoms with Crippen LogP contribution >= 0.6 is 12.6 Å². The number of nitrogens with one attached hydrogen (secondary N) is 2. The summed E-state index contributed by atoms with van der Waals surface area (Å²) < 4.78 is 5.17. The molecule has 1 amide bonds. The van der Waals surface area contributed by atoms with E-state index in [9.17, 15) is 9.59 Å². The highest BCUT2D eigenvalue weighted by atomic mass is 32.1. The van der Waals surface area contributed by atoms with Crippen LogP contribution in [0, 0.1) is 0 Å². The molecule has 1 fully saturated rings. The number of rotatable bonds is 3. The number of aldehydes is 1. The van der Waals surface area contributed by atoms with Crippen molar-refractivity contribution in [3.63, 3.8) is 0 Å². The first kappa shape index (κ1) is 22.5. The molecule has 0 aromatic heterocycles. The van der Waals surface area contributed by atoms with E-state index in [4.69, 9.17) is 4.74 Å². The van der Waals surface area contributed by atoms with Crippen LogP contribution in [0.1, 0.15) is 53.0 Å². The van der Waals surface area contributed by atoms with E-state index in [0.717, 1.165) is 42.7 Å². The molecule has 6 heteroatoms. The van der Waals surface area contributed by atoms with Gasteiger partial charge in [-0.25, -0.2) is 4.79 Å². The van der Waals surface area contributed by atoms with Crippen molar-refractivity contribution in [2.75, 3.05) is 13.1 Å². The van der Waals surface area contributed by atoms with E-state index in [1.54, 1.807) is 0 Å². The van der Waals surface area contributed by atoms with Crippen molar-refractivity contribution in [2.45, 2.75) is 69.4 Å². The molecule has 26 heavy (non-hydrogen) atoms. The van der Waals surface area contributed by atoms with Crippen molar-refractivity contribution in [3.8, 4) is 0 Å². The average molecular weight is 381 g/mol. The Balaban J connectivity index is 0.000000263. The van der Waals surface area contributed by atoms with E-state index >= 15 is 0 Å². The quantitative estimate of drug-likeness (QED) is 0.552. The van der Waals surface area contributed by atoms with Crippen LogP contribution in [0.15, 0.2) is 29.2 Å². The zero-order chi connectivity index (χ0) is 19.8. The van der Waals surface area contributed by atoms with Gasteiger partial charge in [-0.1, -0.05) is 12.1 Å². The van der Waals surface area contributed by atoms with Gasteiger partial charge in [-0.05, 0) is 78.2 Å². The highest BCUT2D eigenvalue weighted by Gasteiger charge is 2.20. The summed E-state index contributed by atoms with van der Waals surface area (Å²) in [6.45, 7) is 11.3. The second kappa shape index (κ2) is 9.97. The summed E-state index contributed by atoms with van der Waals surface area (Å²) in [5.41, 5.74) is 0.195. The van der Waals surface area contributed by atoms with Crippen LogP contribution in [0.5, 0.6) is 0 Å². The molecule has 0 unspecified atom stereocenters. The van der Waals surface area contributed by atoms with Gasteiger partial charge >= 0.3 is 6.09 Å². The minimum atomic E-state index is -0.406. The van der Waals surface area contributed by atoms with E-state index in [-0.39, 0.29) is 12.1 Å². The van der Waals surface area contributed by atoms with Crippen molar-refractivity contribution < 1.29 is 14.3 Å². The molecule has 1 aliphatic rings. The number of thiol groups is 1. The Kier molecular flexibility index (Phi) is 8.63. The third kappa shape index (κ3) is 8.72. The molecule has 0 atom stereocenters. The lowest BCUT2D eigenvalue weighted by molar-refractivity contribution is -0.111. The Labute approximate surface area is 162 Å². The number of carbonyl (C=O) groups is 2. The summed E-state index contributed by atoms with van der Waals surface area (Å²) in [4.78, 5) is 23.0. The number of carbonyl (C=O) groups excluding carboxylic acids is 2. The van der Waals surface area contributed by atoms with Gasteiger partial charge in [-0.2, -0.15) is 0 Å². The fourth-order valence-corrected chi connectivity index (χ4v) is 2.64. The van der Waals surface area contributed by atoms with Gasteiger partial charge in [0.1, 0.15) is 11.9 Å². The topological polar surface area (TPSA) is 67.4 Å². The maximum Gasteiger partial charge on any atom is 0.407 e. The molecule has 146 valence electrons. The zero-order valence-electron chi connectivity index (χ0n) is 16.5. The fraction of sp³-hybridized carbons (Fsp3) is 0.600. The molecule has 1 heterocycles. The normalized spacial score (nSPS) is 15.5. The number of piperidine rings is 1. The summed E-state index contributed by atoms with van der Waals surface area (Å²) in [5, 5.41) is 6.12. The maximum atomic E-state index is 11.4. The number of hydrogen-bond donors (Lipinski definition) is 3. The van der Waals surface area contributed by atoms with Crippen LogP contribution in [0.25, 0.3) is 0 Å². The van der Waals surface area contributed by atoms with Crippen molar-refractivity contribution in [3.05, 3.63) is 29.8 Å². The smallest absolute Gasteiger partial charge is 0.407 e. The number of benzene rings is 1. The molecule has 0 radical (unpaired) electrons. The van der Waals surface area contributed by atoms with Gasteiger partial charge in [0.25, 0.3) is 0 Å². The number of ether oxygens (including phenoxy) is 1. The zero-order valence-corrected chi connectivity index (χ0v) is 17.4. The third-order valence-electron chi connectivity index (χ3n) is 3.94. The third-order valence-corrected chi connectivity index (χ3v) is 4.22. The first-order valence-electron chi connectivity index (χ1n) is 8.99. The Bertz CT molecular complexity index is 591. The van der Waals surface area contributed by atoms with Gasteiger partial charge in [0.05, 0.1) is 0 Å². The highest BCUT2D eigenvalue weighted by molar-refractivity contribution is 7.80. The molecule has 1 aromatic rings. The van der Waals surface area contributed by atoms with Crippen LogP contribution in [0.3, 0.4) is 0 Å². The molecule has 2 N–H and O–H groups in total. The summed E-state index contributed by atoms with van der Waals surface area (Å²) >= 11 is 4.21. The van der Waals surface area contributed by atoms with Crippen molar-refractivity contribution in [2.24, 2.45) is 0 Å². The molecule has 2 rings (SSSR count). The lowest BCUT2D eigenvalue weighted by Gasteiger charge is -2.26. The monoisotopic (exact) mass is 380 g/mol. The Morgan fingerprint density at radius 2 is 1.85 bits per heavy atom. The second-order valence-electron chi connectivity index (χ2n) is 8.06.